The van der Waals surface area contributed by atoms with E-state index in [0.29, 0.717) is 11.3 Å². The molecular weight excluding hydrogens is 386 g/mol. The van der Waals surface area contributed by atoms with Crippen LogP contribution in [-0.2, 0) is 11.2 Å². The van der Waals surface area contributed by atoms with Crippen molar-refractivity contribution in [2.75, 3.05) is 5.32 Å². The Kier molecular flexibility index (Phi) is 6.18. The normalized spacial score (nSPS) is 10.2. The Balaban J connectivity index is 1.55. The number of halogens is 2. The highest BCUT2D eigenvalue weighted by molar-refractivity contribution is 7.80. The number of ether oxygens (including phenoxy) is 1. The first-order valence-corrected chi connectivity index (χ1v) is 8.41. The van der Waals surface area contributed by atoms with Gasteiger partial charge in [0.15, 0.2) is 16.7 Å². The predicted octanol–water partition coefficient (Wildman–Crippen LogP) is 3.40. The number of carbonyl (C=O) groups is 1. The van der Waals surface area contributed by atoms with Crippen molar-refractivity contribution in [2.24, 2.45) is 0 Å². The average Bonchev–Trinajstić information content (AvgIpc) is 2.66. The first kappa shape index (κ1) is 19.3. The van der Waals surface area contributed by atoms with E-state index in [1.54, 1.807) is 0 Å². The lowest BCUT2D eigenvalue weighted by atomic mass is 10.1. The van der Waals surface area contributed by atoms with E-state index in [1.807, 2.05) is 0 Å². The molecule has 0 bridgehead atoms. The standard InChI is InChI=1S/C19H13F2N4O2S/c20-13-3-1-12(2-4-13)9-17(26)25-19(28)24-14-5-6-16(15(21)10-14)27-18-7-8-22-11-23-18/h1-7,10-11H,9H2,(H2,24,25,26,28). The SMILES string of the molecule is O=C(Cc1ccc(F)cc1)NC(=S)Nc1ccc(Oc2c[c]ncn2)c(F)c1. The maximum atomic E-state index is 14.2. The monoisotopic (exact) mass is 399 g/mol. The summed E-state index contributed by atoms with van der Waals surface area (Å²) in [6.45, 7) is 0. The van der Waals surface area contributed by atoms with E-state index in [0.717, 1.165) is 0 Å². The van der Waals surface area contributed by atoms with Crippen LogP contribution >= 0.6 is 12.2 Å². The second-order valence-electron chi connectivity index (χ2n) is 5.54. The summed E-state index contributed by atoms with van der Waals surface area (Å²) in [4.78, 5) is 19.4. The molecule has 3 rings (SSSR count). The summed E-state index contributed by atoms with van der Waals surface area (Å²) in [6, 6.07) is 11.0. The van der Waals surface area contributed by atoms with Crippen LogP contribution in [0.5, 0.6) is 11.6 Å². The minimum absolute atomic E-state index is 0.00517. The molecule has 0 aliphatic heterocycles. The number of amides is 1. The van der Waals surface area contributed by atoms with Crippen molar-refractivity contribution in [3.8, 4) is 11.6 Å². The van der Waals surface area contributed by atoms with Gasteiger partial charge in [-0.15, -0.1) is 0 Å². The van der Waals surface area contributed by atoms with Crippen molar-refractivity contribution in [1.29, 1.82) is 0 Å². The van der Waals surface area contributed by atoms with Crippen LogP contribution in [0.25, 0.3) is 0 Å². The molecule has 0 aliphatic carbocycles. The number of hydrogen-bond donors (Lipinski definition) is 2. The molecule has 0 fully saturated rings. The van der Waals surface area contributed by atoms with E-state index in [1.165, 1.54) is 54.9 Å². The fraction of sp³-hybridized carbons (Fsp3) is 0.0526. The summed E-state index contributed by atoms with van der Waals surface area (Å²) in [6.07, 6.45) is 3.79. The molecule has 1 heterocycles. The average molecular weight is 399 g/mol. The smallest absolute Gasteiger partial charge is 0.230 e. The fourth-order valence-corrected chi connectivity index (χ4v) is 2.43. The molecular formula is C19H13F2N4O2S. The molecule has 0 spiro atoms. The van der Waals surface area contributed by atoms with Crippen molar-refractivity contribution in [2.45, 2.75) is 6.42 Å². The Morgan fingerprint density at radius 1 is 1.18 bits per heavy atom. The molecule has 1 amide bonds. The van der Waals surface area contributed by atoms with Gasteiger partial charge in [-0.25, -0.2) is 18.7 Å². The first-order valence-electron chi connectivity index (χ1n) is 8.00. The first-order chi connectivity index (χ1) is 13.5. The molecule has 1 aromatic heterocycles. The van der Waals surface area contributed by atoms with Crippen LogP contribution in [0, 0.1) is 17.8 Å². The summed E-state index contributed by atoms with van der Waals surface area (Å²) in [7, 11) is 0. The van der Waals surface area contributed by atoms with Crippen LogP contribution in [0.1, 0.15) is 5.56 Å². The molecule has 2 aromatic carbocycles. The highest BCUT2D eigenvalue weighted by atomic mass is 32.1. The second kappa shape index (κ2) is 8.96. The topological polar surface area (TPSA) is 76.1 Å². The molecule has 141 valence electrons. The van der Waals surface area contributed by atoms with Gasteiger partial charge in [0.05, 0.1) is 12.6 Å². The molecule has 28 heavy (non-hydrogen) atoms. The van der Waals surface area contributed by atoms with Crippen molar-refractivity contribution in [1.82, 2.24) is 15.3 Å². The third kappa shape index (κ3) is 5.52. The van der Waals surface area contributed by atoms with Crippen LogP contribution in [-0.4, -0.2) is 21.0 Å². The van der Waals surface area contributed by atoms with E-state index in [9.17, 15) is 13.6 Å². The molecule has 1 radical (unpaired) electrons. The number of benzene rings is 2. The second-order valence-corrected chi connectivity index (χ2v) is 5.95. The van der Waals surface area contributed by atoms with Gasteiger partial charge in [-0.2, -0.15) is 0 Å². The van der Waals surface area contributed by atoms with Gasteiger partial charge in [0.1, 0.15) is 12.1 Å². The van der Waals surface area contributed by atoms with Crippen molar-refractivity contribution >= 4 is 28.9 Å². The van der Waals surface area contributed by atoms with Gasteiger partial charge < -0.3 is 15.4 Å². The summed E-state index contributed by atoms with van der Waals surface area (Å²) in [5.41, 5.74) is 0.961. The third-order valence-corrected chi connectivity index (χ3v) is 3.64. The molecule has 0 atom stereocenters. The Bertz CT molecular complexity index is 985. The van der Waals surface area contributed by atoms with E-state index < -0.39 is 5.82 Å². The zero-order valence-corrected chi connectivity index (χ0v) is 15.1. The van der Waals surface area contributed by atoms with E-state index in [-0.39, 0.29) is 34.9 Å². The minimum Gasteiger partial charge on any atom is -0.436 e. The Morgan fingerprint density at radius 2 is 1.96 bits per heavy atom. The summed E-state index contributed by atoms with van der Waals surface area (Å²) < 4.78 is 32.4. The molecule has 0 unspecified atom stereocenters. The van der Waals surface area contributed by atoms with Crippen molar-refractivity contribution < 1.29 is 18.3 Å². The lowest BCUT2D eigenvalue weighted by Crippen LogP contribution is -2.35. The van der Waals surface area contributed by atoms with Crippen molar-refractivity contribution in [3.63, 3.8) is 0 Å². The van der Waals surface area contributed by atoms with Gasteiger partial charge in [0.2, 0.25) is 11.8 Å². The maximum absolute atomic E-state index is 14.2. The highest BCUT2D eigenvalue weighted by Gasteiger charge is 2.10. The Labute approximate surface area is 164 Å². The quantitative estimate of drug-likeness (QED) is 0.641. The van der Waals surface area contributed by atoms with E-state index in [4.69, 9.17) is 17.0 Å². The minimum atomic E-state index is -0.649. The zero-order valence-electron chi connectivity index (χ0n) is 14.3. The van der Waals surface area contributed by atoms with Crippen LogP contribution < -0.4 is 15.4 Å². The van der Waals surface area contributed by atoms with Crippen molar-refractivity contribution in [3.05, 3.63) is 78.3 Å². The number of nitrogens with one attached hydrogen (secondary N) is 2. The molecule has 0 saturated heterocycles. The van der Waals surface area contributed by atoms with Gasteiger partial charge in [-0.1, -0.05) is 12.1 Å². The van der Waals surface area contributed by atoms with Gasteiger partial charge in [0, 0.05) is 17.8 Å². The summed E-state index contributed by atoms with van der Waals surface area (Å²) in [5, 5.41) is 5.20. The fourth-order valence-electron chi connectivity index (χ4n) is 2.20. The predicted molar refractivity (Wildman–Crippen MR) is 102 cm³/mol. The van der Waals surface area contributed by atoms with Gasteiger partial charge in [-0.3, -0.25) is 4.79 Å². The van der Waals surface area contributed by atoms with Crippen LogP contribution in [0.15, 0.2) is 54.9 Å². The van der Waals surface area contributed by atoms with Crippen LogP contribution in [0.2, 0.25) is 0 Å². The van der Waals surface area contributed by atoms with Crippen LogP contribution in [0.4, 0.5) is 14.5 Å². The number of thiocarbonyl (C=S) groups is 1. The van der Waals surface area contributed by atoms with E-state index >= 15 is 0 Å². The van der Waals surface area contributed by atoms with Crippen LogP contribution in [0.3, 0.4) is 0 Å². The molecule has 0 aliphatic rings. The van der Waals surface area contributed by atoms with Gasteiger partial charge >= 0.3 is 0 Å². The lowest BCUT2D eigenvalue weighted by molar-refractivity contribution is -0.119. The molecule has 6 nitrogen and oxygen atoms in total. The number of aromatic nitrogens is 2. The molecule has 0 saturated carbocycles. The molecule has 2 N–H and O–H groups in total. The Morgan fingerprint density at radius 3 is 2.64 bits per heavy atom. The number of rotatable bonds is 5. The summed E-state index contributed by atoms with van der Waals surface area (Å²) in [5.74, 6) is -1.30. The zero-order chi connectivity index (χ0) is 19.9. The maximum Gasteiger partial charge on any atom is 0.230 e. The summed E-state index contributed by atoms with van der Waals surface area (Å²) >= 11 is 5.05. The number of carbonyl (C=O) groups excluding carboxylic acids is 1. The molecule has 9 heteroatoms. The number of hydrogen-bond acceptors (Lipinski definition) is 5. The third-order valence-electron chi connectivity index (χ3n) is 3.44. The number of anilines is 1. The lowest BCUT2D eigenvalue weighted by Gasteiger charge is -2.11. The molecule has 3 aromatic rings. The number of nitrogens with zero attached hydrogens (tertiary/aromatic N) is 2. The highest BCUT2D eigenvalue weighted by Crippen LogP contribution is 2.25. The Hall–Kier alpha value is -3.46. The van der Waals surface area contributed by atoms with Gasteiger partial charge in [-0.05, 0) is 42.0 Å². The van der Waals surface area contributed by atoms with E-state index in [2.05, 4.69) is 26.8 Å². The van der Waals surface area contributed by atoms with Gasteiger partial charge in [0.25, 0.3) is 0 Å². The largest absolute Gasteiger partial charge is 0.436 e.